The first kappa shape index (κ1) is 13.9. The Hall–Kier alpha value is -1.03. The molecule has 4 nitrogen and oxygen atoms in total. The van der Waals surface area contributed by atoms with E-state index in [-0.39, 0.29) is 0 Å². The van der Waals surface area contributed by atoms with Gasteiger partial charge in [0, 0.05) is 36.3 Å². The van der Waals surface area contributed by atoms with Gasteiger partial charge < -0.3 is 10.6 Å². The number of aromatic nitrogens is 2. The summed E-state index contributed by atoms with van der Waals surface area (Å²) < 4.78 is 0. The van der Waals surface area contributed by atoms with Gasteiger partial charge in [0.15, 0.2) is 5.82 Å². The quantitative estimate of drug-likeness (QED) is 0.873. The van der Waals surface area contributed by atoms with E-state index in [0.717, 1.165) is 19.5 Å². The minimum Gasteiger partial charge on any atom is -0.353 e. The van der Waals surface area contributed by atoms with E-state index in [9.17, 15) is 0 Å². The first-order chi connectivity index (χ1) is 9.58. The molecule has 3 atom stereocenters. The lowest BCUT2D eigenvalue weighted by Crippen LogP contribution is -2.43. The summed E-state index contributed by atoms with van der Waals surface area (Å²) in [5.41, 5.74) is 9.01. The molecule has 1 fully saturated rings. The SMILES string of the molecule is CC1CCC(C(C)C)c2[nH]nc(N3CCCC(N)C3)c21. The Morgan fingerprint density at radius 1 is 1.30 bits per heavy atom. The fourth-order valence-corrected chi connectivity index (χ4v) is 3.95. The van der Waals surface area contributed by atoms with Crippen LogP contribution in [0.4, 0.5) is 5.82 Å². The topological polar surface area (TPSA) is 57.9 Å². The van der Waals surface area contributed by atoms with Crippen LogP contribution in [0.25, 0.3) is 0 Å². The molecule has 0 aromatic carbocycles. The second-order valence-corrected chi connectivity index (χ2v) is 7.05. The van der Waals surface area contributed by atoms with Crippen LogP contribution in [0, 0.1) is 5.92 Å². The number of nitrogens with one attached hydrogen (secondary N) is 1. The molecule has 1 aromatic rings. The summed E-state index contributed by atoms with van der Waals surface area (Å²) in [5, 5.41) is 8.05. The normalized spacial score (nSPS) is 30.6. The average Bonchev–Trinajstić information content (AvgIpc) is 2.84. The number of fused-ring (bicyclic) bond motifs is 1. The molecule has 3 unspecified atom stereocenters. The molecule has 3 rings (SSSR count). The number of nitrogens with two attached hydrogens (primary N) is 1. The second-order valence-electron chi connectivity index (χ2n) is 7.05. The molecule has 0 bridgehead atoms. The summed E-state index contributed by atoms with van der Waals surface area (Å²) in [7, 11) is 0. The maximum atomic E-state index is 6.14. The van der Waals surface area contributed by atoms with Gasteiger partial charge in [-0.15, -0.1) is 0 Å². The van der Waals surface area contributed by atoms with Gasteiger partial charge in [-0.25, -0.2) is 0 Å². The van der Waals surface area contributed by atoms with Crippen molar-refractivity contribution < 1.29 is 0 Å². The minimum absolute atomic E-state index is 0.302. The number of piperidine rings is 1. The number of H-pyrrole nitrogens is 1. The molecule has 0 radical (unpaired) electrons. The van der Waals surface area contributed by atoms with Gasteiger partial charge >= 0.3 is 0 Å². The number of hydrogen-bond acceptors (Lipinski definition) is 3. The van der Waals surface area contributed by atoms with E-state index in [0.29, 0.717) is 23.8 Å². The molecule has 4 heteroatoms. The number of anilines is 1. The predicted molar refractivity (Wildman–Crippen MR) is 83.2 cm³/mol. The second kappa shape index (κ2) is 5.40. The van der Waals surface area contributed by atoms with Gasteiger partial charge in [0.2, 0.25) is 0 Å². The van der Waals surface area contributed by atoms with E-state index in [1.807, 2.05) is 0 Å². The summed E-state index contributed by atoms with van der Waals surface area (Å²) in [6.07, 6.45) is 4.90. The molecule has 0 amide bonds. The van der Waals surface area contributed by atoms with Gasteiger partial charge in [-0.1, -0.05) is 20.8 Å². The molecule has 1 saturated heterocycles. The maximum Gasteiger partial charge on any atom is 0.154 e. The van der Waals surface area contributed by atoms with Crippen molar-refractivity contribution >= 4 is 5.82 Å². The summed E-state index contributed by atoms with van der Waals surface area (Å²) in [5.74, 6) is 3.12. The van der Waals surface area contributed by atoms with E-state index in [2.05, 4.69) is 35.9 Å². The number of hydrogen-bond donors (Lipinski definition) is 2. The third-order valence-electron chi connectivity index (χ3n) is 5.15. The van der Waals surface area contributed by atoms with E-state index >= 15 is 0 Å². The summed E-state index contributed by atoms with van der Waals surface area (Å²) in [6.45, 7) is 9.04. The Bertz CT molecular complexity index is 465. The fraction of sp³-hybridized carbons (Fsp3) is 0.812. The van der Waals surface area contributed by atoms with E-state index in [1.165, 1.54) is 36.3 Å². The monoisotopic (exact) mass is 276 g/mol. The van der Waals surface area contributed by atoms with Gasteiger partial charge in [-0.2, -0.15) is 5.10 Å². The average molecular weight is 276 g/mol. The minimum atomic E-state index is 0.302. The molecule has 20 heavy (non-hydrogen) atoms. The largest absolute Gasteiger partial charge is 0.353 e. The Morgan fingerprint density at radius 2 is 2.10 bits per heavy atom. The lowest BCUT2D eigenvalue weighted by molar-refractivity contribution is 0.402. The Kier molecular flexibility index (Phi) is 3.76. The molecule has 1 aliphatic heterocycles. The van der Waals surface area contributed by atoms with Crippen LogP contribution in [0.5, 0.6) is 0 Å². The first-order valence-corrected chi connectivity index (χ1v) is 8.16. The van der Waals surface area contributed by atoms with Crippen molar-refractivity contribution in [2.24, 2.45) is 11.7 Å². The zero-order chi connectivity index (χ0) is 14.3. The van der Waals surface area contributed by atoms with Gasteiger partial charge in [0.1, 0.15) is 0 Å². The smallest absolute Gasteiger partial charge is 0.154 e. The standard InChI is InChI=1S/C16H28N4/c1-10(2)13-7-6-11(3)14-15(13)18-19-16(14)20-8-4-5-12(17)9-20/h10-13H,4-9,17H2,1-3H3,(H,18,19). The zero-order valence-electron chi connectivity index (χ0n) is 13.0. The summed E-state index contributed by atoms with van der Waals surface area (Å²) in [6, 6.07) is 0.302. The highest BCUT2D eigenvalue weighted by Crippen LogP contribution is 2.45. The molecule has 1 aromatic heterocycles. The van der Waals surface area contributed by atoms with Crippen molar-refractivity contribution in [2.45, 2.75) is 64.3 Å². The Labute approximate surface area is 122 Å². The van der Waals surface area contributed by atoms with Crippen LogP contribution in [-0.2, 0) is 0 Å². The molecule has 0 saturated carbocycles. The third-order valence-corrected chi connectivity index (χ3v) is 5.15. The van der Waals surface area contributed by atoms with Crippen LogP contribution in [-0.4, -0.2) is 29.3 Å². The lowest BCUT2D eigenvalue weighted by atomic mass is 9.76. The van der Waals surface area contributed by atoms with Crippen molar-refractivity contribution in [1.29, 1.82) is 0 Å². The molecule has 2 heterocycles. The number of aromatic amines is 1. The van der Waals surface area contributed by atoms with Crippen molar-refractivity contribution in [2.75, 3.05) is 18.0 Å². The molecule has 1 aliphatic carbocycles. The van der Waals surface area contributed by atoms with Crippen LogP contribution < -0.4 is 10.6 Å². The Balaban J connectivity index is 1.94. The summed E-state index contributed by atoms with van der Waals surface area (Å²) >= 11 is 0. The van der Waals surface area contributed by atoms with Crippen molar-refractivity contribution in [3.63, 3.8) is 0 Å². The molecule has 2 aliphatic rings. The molecule has 112 valence electrons. The van der Waals surface area contributed by atoms with Crippen molar-refractivity contribution in [3.8, 4) is 0 Å². The van der Waals surface area contributed by atoms with Gasteiger partial charge in [0.25, 0.3) is 0 Å². The highest BCUT2D eigenvalue weighted by molar-refractivity contribution is 5.53. The van der Waals surface area contributed by atoms with Crippen molar-refractivity contribution in [3.05, 3.63) is 11.3 Å². The zero-order valence-corrected chi connectivity index (χ0v) is 13.0. The van der Waals surface area contributed by atoms with Crippen LogP contribution >= 0.6 is 0 Å². The van der Waals surface area contributed by atoms with E-state index in [4.69, 9.17) is 5.73 Å². The maximum absolute atomic E-state index is 6.14. The molecular weight excluding hydrogens is 248 g/mol. The molecule has 0 spiro atoms. The van der Waals surface area contributed by atoms with Crippen LogP contribution in [0.3, 0.4) is 0 Å². The number of rotatable bonds is 2. The van der Waals surface area contributed by atoms with Gasteiger partial charge in [-0.05, 0) is 37.5 Å². The van der Waals surface area contributed by atoms with Gasteiger partial charge in [0.05, 0.1) is 0 Å². The third kappa shape index (κ3) is 2.34. The number of nitrogens with zero attached hydrogens (tertiary/aromatic N) is 2. The first-order valence-electron chi connectivity index (χ1n) is 8.16. The van der Waals surface area contributed by atoms with Gasteiger partial charge in [-0.3, -0.25) is 5.10 Å². The molecule has 3 N–H and O–H groups in total. The van der Waals surface area contributed by atoms with E-state index in [1.54, 1.807) is 0 Å². The highest BCUT2D eigenvalue weighted by Gasteiger charge is 2.33. The van der Waals surface area contributed by atoms with Crippen LogP contribution in [0.15, 0.2) is 0 Å². The highest BCUT2D eigenvalue weighted by atomic mass is 15.3. The lowest BCUT2D eigenvalue weighted by Gasteiger charge is -2.34. The summed E-state index contributed by atoms with van der Waals surface area (Å²) in [4.78, 5) is 2.41. The Morgan fingerprint density at radius 3 is 2.80 bits per heavy atom. The van der Waals surface area contributed by atoms with Crippen LogP contribution in [0.1, 0.15) is 69.5 Å². The molecular formula is C16H28N4. The predicted octanol–water partition coefficient (Wildman–Crippen LogP) is 2.97. The van der Waals surface area contributed by atoms with E-state index < -0.39 is 0 Å². The fourth-order valence-electron chi connectivity index (χ4n) is 3.95. The van der Waals surface area contributed by atoms with Crippen molar-refractivity contribution in [1.82, 2.24) is 10.2 Å². The van der Waals surface area contributed by atoms with Crippen LogP contribution in [0.2, 0.25) is 0 Å².